The molecule has 1 saturated heterocycles. The van der Waals surface area contributed by atoms with E-state index in [0.29, 0.717) is 17.9 Å². The summed E-state index contributed by atoms with van der Waals surface area (Å²) in [7, 11) is 0. The number of nitrogens with zero attached hydrogens (tertiary/aromatic N) is 1. The van der Waals surface area contributed by atoms with E-state index >= 15 is 0 Å². The Bertz CT molecular complexity index is 266. The molecule has 1 heterocycles. The Morgan fingerprint density at radius 2 is 1.89 bits per heavy atom. The van der Waals surface area contributed by atoms with Gasteiger partial charge in [-0.3, -0.25) is 4.90 Å². The van der Waals surface area contributed by atoms with Gasteiger partial charge in [0.1, 0.15) is 0 Å². The molecule has 1 aliphatic rings. The third kappa shape index (κ3) is 5.30. The van der Waals surface area contributed by atoms with Crippen LogP contribution in [-0.4, -0.2) is 42.8 Å². The summed E-state index contributed by atoms with van der Waals surface area (Å²) in [6, 6.07) is 0.524. The Hall–Kier alpha value is -0.290. The monoisotopic (exact) mass is 280 g/mol. The van der Waals surface area contributed by atoms with Crippen molar-refractivity contribution in [1.82, 2.24) is 10.2 Å². The van der Waals surface area contributed by atoms with Crippen molar-refractivity contribution in [2.75, 3.05) is 19.6 Å². The van der Waals surface area contributed by atoms with Gasteiger partial charge in [0, 0.05) is 31.7 Å². The summed E-state index contributed by atoms with van der Waals surface area (Å²) in [5, 5.41) is 3.49. The van der Waals surface area contributed by atoms with Crippen LogP contribution in [0.3, 0.4) is 0 Å². The molecule has 1 rings (SSSR count). The van der Waals surface area contributed by atoms with Crippen molar-refractivity contribution in [3.63, 3.8) is 0 Å². The highest BCUT2D eigenvalue weighted by molar-refractivity contribution is 4.89. The standard InChI is InChI=1S/C14H27F3N2/c1-5-11(4)13-8-18-12(10(2)3)9-19(13)7-6-14(15,16)17/h10-13,18H,5-9H2,1-4H3. The fraction of sp³-hybridized carbons (Fsp3) is 1.00. The highest BCUT2D eigenvalue weighted by Crippen LogP contribution is 2.25. The highest BCUT2D eigenvalue weighted by Gasteiger charge is 2.35. The molecule has 1 aliphatic heterocycles. The Labute approximate surface area is 114 Å². The number of rotatable bonds is 5. The van der Waals surface area contributed by atoms with Crippen LogP contribution in [0.4, 0.5) is 13.2 Å². The smallest absolute Gasteiger partial charge is 0.311 e. The Balaban J connectivity index is 2.65. The van der Waals surface area contributed by atoms with E-state index < -0.39 is 12.6 Å². The zero-order valence-corrected chi connectivity index (χ0v) is 12.4. The number of alkyl halides is 3. The second-order valence-corrected chi connectivity index (χ2v) is 6.07. The Morgan fingerprint density at radius 1 is 1.26 bits per heavy atom. The van der Waals surface area contributed by atoms with E-state index in [9.17, 15) is 13.2 Å². The van der Waals surface area contributed by atoms with Crippen molar-refractivity contribution < 1.29 is 13.2 Å². The first-order chi connectivity index (χ1) is 8.74. The van der Waals surface area contributed by atoms with Gasteiger partial charge >= 0.3 is 6.18 Å². The van der Waals surface area contributed by atoms with E-state index in [-0.39, 0.29) is 12.6 Å². The molecule has 3 unspecified atom stereocenters. The average molecular weight is 280 g/mol. The SMILES string of the molecule is CCC(C)C1CNC(C(C)C)CN1CCC(F)(F)F. The molecule has 0 bridgehead atoms. The molecule has 0 spiro atoms. The third-order valence-electron chi connectivity index (χ3n) is 4.28. The van der Waals surface area contributed by atoms with Crippen LogP contribution in [-0.2, 0) is 0 Å². The lowest BCUT2D eigenvalue weighted by Crippen LogP contribution is -2.60. The van der Waals surface area contributed by atoms with Gasteiger partial charge in [0.2, 0.25) is 0 Å². The highest BCUT2D eigenvalue weighted by atomic mass is 19.4. The van der Waals surface area contributed by atoms with Crippen LogP contribution < -0.4 is 5.32 Å². The van der Waals surface area contributed by atoms with Crippen LogP contribution in [0.1, 0.15) is 40.5 Å². The van der Waals surface area contributed by atoms with E-state index in [2.05, 4.69) is 33.0 Å². The van der Waals surface area contributed by atoms with E-state index in [4.69, 9.17) is 0 Å². The molecule has 114 valence electrons. The minimum Gasteiger partial charge on any atom is -0.311 e. The molecule has 3 atom stereocenters. The molecule has 2 nitrogen and oxygen atoms in total. The molecule has 0 saturated carbocycles. The predicted octanol–water partition coefficient (Wildman–Crippen LogP) is 3.28. The van der Waals surface area contributed by atoms with Crippen molar-refractivity contribution in [3.8, 4) is 0 Å². The van der Waals surface area contributed by atoms with Gasteiger partial charge in [0.15, 0.2) is 0 Å². The predicted molar refractivity (Wildman–Crippen MR) is 72.1 cm³/mol. The number of hydrogen-bond donors (Lipinski definition) is 1. The van der Waals surface area contributed by atoms with E-state index in [1.807, 2.05) is 4.90 Å². The minimum atomic E-state index is -4.06. The largest absolute Gasteiger partial charge is 0.390 e. The Kier molecular flexibility index (Phi) is 6.12. The molecule has 1 fully saturated rings. The molecule has 1 N–H and O–H groups in total. The third-order valence-corrected chi connectivity index (χ3v) is 4.28. The topological polar surface area (TPSA) is 15.3 Å². The van der Waals surface area contributed by atoms with Crippen LogP contribution >= 0.6 is 0 Å². The number of piperazine rings is 1. The van der Waals surface area contributed by atoms with Gasteiger partial charge in [-0.15, -0.1) is 0 Å². The quantitative estimate of drug-likeness (QED) is 0.831. The van der Waals surface area contributed by atoms with Crippen LogP contribution in [0.2, 0.25) is 0 Å². The molecule has 0 amide bonds. The summed E-state index contributed by atoms with van der Waals surface area (Å²) in [5.74, 6) is 0.875. The molecule has 0 aromatic carbocycles. The summed E-state index contributed by atoms with van der Waals surface area (Å²) in [5.41, 5.74) is 0. The summed E-state index contributed by atoms with van der Waals surface area (Å²) in [4.78, 5) is 2.04. The van der Waals surface area contributed by atoms with Gasteiger partial charge in [0.05, 0.1) is 6.42 Å². The minimum absolute atomic E-state index is 0.128. The van der Waals surface area contributed by atoms with Gasteiger partial charge in [-0.1, -0.05) is 34.1 Å². The van der Waals surface area contributed by atoms with Gasteiger partial charge in [-0.05, 0) is 11.8 Å². The maximum Gasteiger partial charge on any atom is 0.390 e. The fourth-order valence-corrected chi connectivity index (χ4v) is 2.66. The van der Waals surface area contributed by atoms with E-state index in [1.54, 1.807) is 0 Å². The maximum atomic E-state index is 12.4. The Morgan fingerprint density at radius 3 is 2.37 bits per heavy atom. The lowest BCUT2D eigenvalue weighted by atomic mass is 9.91. The fourth-order valence-electron chi connectivity index (χ4n) is 2.66. The molecule has 19 heavy (non-hydrogen) atoms. The van der Waals surface area contributed by atoms with Gasteiger partial charge in [0.25, 0.3) is 0 Å². The van der Waals surface area contributed by atoms with Crippen LogP contribution in [0.5, 0.6) is 0 Å². The molecule has 0 aliphatic carbocycles. The van der Waals surface area contributed by atoms with Crippen molar-refractivity contribution in [1.29, 1.82) is 0 Å². The van der Waals surface area contributed by atoms with Crippen molar-refractivity contribution in [2.45, 2.75) is 58.8 Å². The van der Waals surface area contributed by atoms with Gasteiger partial charge < -0.3 is 5.32 Å². The zero-order chi connectivity index (χ0) is 14.6. The summed E-state index contributed by atoms with van der Waals surface area (Å²) in [6.07, 6.45) is -3.76. The van der Waals surface area contributed by atoms with E-state index in [0.717, 1.165) is 19.5 Å². The molecular formula is C14H27F3N2. The molecule has 0 aromatic rings. The lowest BCUT2D eigenvalue weighted by molar-refractivity contribution is -0.140. The molecular weight excluding hydrogens is 253 g/mol. The van der Waals surface area contributed by atoms with Crippen LogP contribution in [0, 0.1) is 11.8 Å². The zero-order valence-electron chi connectivity index (χ0n) is 12.4. The van der Waals surface area contributed by atoms with Crippen molar-refractivity contribution >= 4 is 0 Å². The maximum absolute atomic E-state index is 12.4. The number of nitrogens with one attached hydrogen (secondary N) is 1. The molecule has 0 radical (unpaired) electrons. The second-order valence-electron chi connectivity index (χ2n) is 6.07. The second kappa shape index (κ2) is 6.93. The first-order valence-corrected chi connectivity index (χ1v) is 7.28. The molecule has 5 heteroatoms. The average Bonchev–Trinajstić information content (AvgIpc) is 2.34. The first kappa shape index (κ1) is 16.8. The van der Waals surface area contributed by atoms with E-state index in [1.165, 1.54) is 0 Å². The molecule has 0 aromatic heterocycles. The normalized spacial score (nSPS) is 27.8. The van der Waals surface area contributed by atoms with Crippen molar-refractivity contribution in [3.05, 3.63) is 0 Å². The summed E-state index contributed by atoms with van der Waals surface area (Å²) in [6.45, 7) is 10.1. The van der Waals surface area contributed by atoms with Crippen LogP contribution in [0.15, 0.2) is 0 Å². The van der Waals surface area contributed by atoms with Crippen LogP contribution in [0.25, 0.3) is 0 Å². The summed E-state index contributed by atoms with van der Waals surface area (Å²) >= 11 is 0. The van der Waals surface area contributed by atoms with Crippen molar-refractivity contribution in [2.24, 2.45) is 11.8 Å². The van der Waals surface area contributed by atoms with Gasteiger partial charge in [-0.2, -0.15) is 13.2 Å². The van der Waals surface area contributed by atoms with Gasteiger partial charge in [-0.25, -0.2) is 0 Å². The summed E-state index contributed by atoms with van der Waals surface area (Å²) < 4.78 is 37.3. The first-order valence-electron chi connectivity index (χ1n) is 7.28. The lowest BCUT2D eigenvalue weighted by Gasteiger charge is -2.44. The number of hydrogen-bond acceptors (Lipinski definition) is 2. The number of halogens is 3.